The number of aromatic amines is 1. The fraction of sp³-hybridized carbons (Fsp3) is 0.286. The molecule has 2 heterocycles. The van der Waals surface area contributed by atoms with E-state index in [0.717, 1.165) is 11.1 Å². The number of nitrogens with zero attached hydrogens (tertiary/aromatic N) is 3. The van der Waals surface area contributed by atoms with Crippen molar-refractivity contribution in [2.45, 2.75) is 25.0 Å². The number of benzene rings is 2. The van der Waals surface area contributed by atoms with Gasteiger partial charge < -0.3 is 0 Å². The average molecular weight is 459 g/mol. The summed E-state index contributed by atoms with van der Waals surface area (Å²) in [6.07, 6.45) is 0.582. The molecule has 0 saturated carbocycles. The van der Waals surface area contributed by atoms with E-state index in [0.29, 0.717) is 35.9 Å². The maximum atomic E-state index is 12.8. The molecule has 2 aromatic carbocycles. The highest BCUT2D eigenvalue weighted by Gasteiger charge is 2.28. The number of aromatic nitrogens is 3. The first-order valence-corrected chi connectivity index (χ1v) is 12.5. The fourth-order valence-corrected chi connectivity index (χ4v) is 5.52. The van der Waals surface area contributed by atoms with Crippen LogP contribution in [0.25, 0.3) is 0 Å². The van der Waals surface area contributed by atoms with Gasteiger partial charge in [-0.3, -0.25) is 13.7 Å². The van der Waals surface area contributed by atoms with Crippen molar-refractivity contribution in [1.29, 1.82) is 0 Å². The molecule has 0 radical (unpaired) electrons. The molecular formula is C21H22N4O4S2. The van der Waals surface area contributed by atoms with Crippen LogP contribution in [-0.4, -0.2) is 47.0 Å². The molecule has 0 bridgehead atoms. The molecule has 0 unspecified atom stereocenters. The van der Waals surface area contributed by atoms with Crippen LogP contribution in [0.2, 0.25) is 0 Å². The van der Waals surface area contributed by atoms with Crippen LogP contribution in [-0.2, 0) is 23.0 Å². The van der Waals surface area contributed by atoms with Gasteiger partial charge in [-0.05, 0) is 42.7 Å². The van der Waals surface area contributed by atoms with Gasteiger partial charge in [0.2, 0.25) is 10.0 Å². The molecule has 10 heteroatoms. The molecule has 31 heavy (non-hydrogen) atoms. The minimum absolute atomic E-state index is 0.0398. The number of anilines is 1. The Balaban J connectivity index is 1.47. The normalized spacial score (nSPS) is 13.4. The Morgan fingerprint density at radius 3 is 2.71 bits per heavy atom. The van der Waals surface area contributed by atoms with Crippen molar-refractivity contribution < 1.29 is 13.2 Å². The third-order valence-corrected chi connectivity index (χ3v) is 7.95. The number of rotatable bonds is 8. The van der Waals surface area contributed by atoms with E-state index in [4.69, 9.17) is 0 Å². The number of ketones is 1. The lowest BCUT2D eigenvalue weighted by Crippen LogP contribution is -2.30. The second-order valence-corrected chi connectivity index (χ2v) is 10.3. The molecule has 0 atom stereocenters. The summed E-state index contributed by atoms with van der Waals surface area (Å²) in [5.41, 5.74) is 2.66. The molecule has 0 aliphatic carbocycles. The molecule has 1 aliphatic rings. The van der Waals surface area contributed by atoms with Gasteiger partial charge in [-0.1, -0.05) is 42.1 Å². The van der Waals surface area contributed by atoms with Crippen LogP contribution >= 0.6 is 11.8 Å². The Labute approximate surface area is 184 Å². The number of hydrogen-bond acceptors (Lipinski definition) is 6. The number of H-pyrrole nitrogens is 1. The molecule has 1 N–H and O–H groups in total. The van der Waals surface area contributed by atoms with Gasteiger partial charge in [0.1, 0.15) is 0 Å². The molecule has 0 amide bonds. The van der Waals surface area contributed by atoms with Crippen molar-refractivity contribution in [1.82, 2.24) is 14.8 Å². The third kappa shape index (κ3) is 4.45. The van der Waals surface area contributed by atoms with E-state index < -0.39 is 10.0 Å². The first-order valence-electron chi connectivity index (χ1n) is 9.87. The molecule has 0 fully saturated rings. The van der Waals surface area contributed by atoms with Crippen LogP contribution in [0.1, 0.15) is 28.4 Å². The highest BCUT2D eigenvalue weighted by atomic mass is 32.2. The number of hydrogen-bond donors (Lipinski definition) is 1. The lowest BCUT2D eigenvalue weighted by molar-refractivity contribution is 0.102. The van der Waals surface area contributed by atoms with Gasteiger partial charge >= 0.3 is 5.69 Å². The highest BCUT2D eigenvalue weighted by molar-refractivity contribution is 7.99. The Morgan fingerprint density at radius 1 is 1.19 bits per heavy atom. The number of Topliss-reactive ketones (excluding diaryl/α,β-unsaturated/α-hetero) is 1. The van der Waals surface area contributed by atoms with Crippen molar-refractivity contribution >= 4 is 33.3 Å². The number of nitrogens with one attached hydrogen (secondary N) is 1. The summed E-state index contributed by atoms with van der Waals surface area (Å²) in [6.45, 7) is 2.39. The zero-order valence-corrected chi connectivity index (χ0v) is 18.6. The molecular weight excluding hydrogens is 436 g/mol. The average Bonchev–Trinajstić information content (AvgIpc) is 3.36. The highest BCUT2D eigenvalue weighted by Crippen LogP contribution is 2.31. The standard InChI is InChI=1S/C21H22N4O4S2/c1-2-31(28,29)25-11-10-16-12-17(8-9-18(16)25)19(26)14-30-21-23-22-20(27)24(21)13-15-6-4-3-5-7-15/h3-9,12H,2,10-11,13-14H2,1H3,(H,22,27). The quantitative estimate of drug-likeness (QED) is 0.410. The summed E-state index contributed by atoms with van der Waals surface area (Å²) in [6, 6.07) is 14.7. The maximum absolute atomic E-state index is 12.8. The maximum Gasteiger partial charge on any atom is 0.344 e. The van der Waals surface area contributed by atoms with Crippen LogP contribution in [0, 0.1) is 0 Å². The van der Waals surface area contributed by atoms with Gasteiger partial charge in [0, 0.05) is 12.1 Å². The van der Waals surface area contributed by atoms with Crippen LogP contribution in [0.15, 0.2) is 58.5 Å². The molecule has 0 saturated heterocycles. The van der Waals surface area contributed by atoms with Gasteiger partial charge in [-0.2, -0.15) is 0 Å². The monoisotopic (exact) mass is 458 g/mol. The van der Waals surface area contributed by atoms with E-state index in [1.54, 1.807) is 25.1 Å². The van der Waals surface area contributed by atoms with Gasteiger partial charge in [-0.25, -0.2) is 18.3 Å². The Kier molecular flexibility index (Phi) is 6.01. The smallest absolute Gasteiger partial charge is 0.293 e. The first-order chi connectivity index (χ1) is 14.9. The van der Waals surface area contributed by atoms with E-state index in [1.165, 1.54) is 20.6 Å². The Morgan fingerprint density at radius 2 is 1.97 bits per heavy atom. The van der Waals surface area contributed by atoms with Crippen LogP contribution in [0.3, 0.4) is 0 Å². The van der Waals surface area contributed by atoms with Crippen molar-refractivity contribution in [3.05, 3.63) is 75.7 Å². The lowest BCUT2D eigenvalue weighted by atomic mass is 10.1. The summed E-state index contributed by atoms with van der Waals surface area (Å²) in [4.78, 5) is 24.9. The van der Waals surface area contributed by atoms with Gasteiger partial charge in [0.05, 0.1) is 23.7 Å². The first kappa shape index (κ1) is 21.4. The lowest BCUT2D eigenvalue weighted by Gasteiger charge is -2.18. The zero-order valence-electron chi connectivity index (χ0n) is 16.9. The van der Waals surface area contributed by atoms with Gasteiger partial charge in [0.15, 0.2) is 10.9 Å². The number of carbonyl (C=O) groups is 1. The SMILES string of the molecule is CCS(=O)(=O)N1CCc2cc(C(=O)CSc3n[nH]c(=O)n3Cc3ccccc3)ccc21. The molecule has 0 spiro atoms. The molecule has 1 aromatic heterocycles. The minimum atomic E-state index is -3.32. The number of fused-ring (bicyclic) bond motifs is 1. The number of sulfonamides is 1. The molecule has 1 aliphatic heterocycles. The van der Waals surface area contributed by atoms with E-state index in [9.17, 15) is 18.0 Å². The van der Waals surface area contributed by atoms with E-state index in [1.807, 2.05) is 30.3 Å². The number of carbonyl (C=O) groups excluding carboxylic acids is 1. The van der Waals surface area contributed by atoms with E-state index >= 15 is 0 Å². The van der Waals surface area contributed by atoms with Crippen LogP contribution in [0.5, 0.6) is 0 Å². The van der Waals surface area contributed by atoms with E-state index in [-0.39, 0.29) is 23.0 Å². The Hall–Kier alpha value is -2.85. The predicted molar refractivity (Wildman–Crippen MR) is 120 cm³/mol. The fourth-order valence-electron chi connectivity index (χ4n) is 3.52. The van der Waals surface area contributed by atoms with Gasteiger partial charge in [-0.15, -0.1) is 5.10 Å². The van der Waals surface area contributed by atoms with Crippen molar-refractivity contribution in [3.8, 4) is 0 Å². The summed E-state index contributed by atoms with van der Waals surface area (Å²) in [5, 5.41) is 6.93. The van der Waals surface area contributed by atoms with Crippen molar-refractivity contribution in [3.63, 3.8) is 0 Å². The summed E-state index contributed by atoms with van der Waals surface area (Å²) >= 11 is 1.20. The molecule has 3 aromatic rings. The molecule has 8 nitrogen and oxygen atoms in total. The second kappa shape index (κ2) is 8.72. The topological polar surface area (TPSA) is 105 Å². The van der Waals surface area contributed by atoms with Crippen molar-refractivity contribution in [2.75, 3.05) is 22.4 Å². The van der Waals surface area contributed by atoms with Crippen LogP contribution < -0.4 is 9.99 Å². The third-order valence-electron chi connectivity index (χ3n) is 5.19. The molecule has 162 valence electrons. The summed E-state index contributed by atoms with van der Waals surface area (Å²) in [7, 11) is -3.32. The van der Waals surface area contributed by atoms with E-state index in [2.05, 4.69) is 10.2 Å². The van der Waals surface area contributed by atoms with Crippen LogP contribution in [0.4, 0.5) is 5.69 Å². The largest absolute Gasteiger partial charge is 0.344 e. The number of thioether (sulfide) groups is 1. The van der Waals surface area contributed by atoms with Crippen molar-refractivity contribution in [2.24, 2.45) is 0 Å². The Bertz CT molecular complexity index is 1270. The zero-order chi connectivity index (χ0) is 22.0. The minimum Gasteiger partial charge on any atom is -0.293 e. The predicted octanol–water partition coefficient (Wildman–Crippen LogP) is 2.31. The molecule has 4 rings (SSSR count). The van der Waals surface area contributed by atoms with Gasteiger partial charge in [0.25, 0.3) is 0 Å². The summed E-state index contributed by atoms with van der Waals surface area (Å²) < 4.78 is 27.4. The second-order valence-electron chi connectivity index (χ2n) is 7.16. The summed E-state index contributed by atoms with van der Waals surface area (Å²) in [5.74, 6) is 0.0544.